The molecule has 2 aliphatic heterocycles. The first-order valence-corrected chi connectivity index (χ1v) is 9.53. The number of ether oxygens (including phenoxy) is 2. The van der Waals surface area contributed by atoms with E-state index in [1.165, 1.54) is 5.56 Å². The van der Waals surface area contributed by atoms with Crippen molar-refractivity contribution in [3.63, 3.8) is 0 Å². The van der Waals surface area contributed by atoms with E-state index in [2.05, 4.69) is 45.9 Å². The molecule has 1 saturated heterocycles. The molecule has 1 aromatic heterocycles. The van der Waals surface area contributed by atoms with E-state index in [-0.39, 0.29) is 12.1 Å². The molecule has 1 unspecified atom stereocenters. The van der Waals surface area contributed by atoms with Crippen LogP contribution >= 0.6 is 0 Å². The van der Waals surface area contributed by atoms with Crippen molar-refractivity contribution < 1.29 is 9.47 Å². The van der Waals surface area contributed by atoms with Crippen LogP contribution in [0.2, 0.25) is 0 Å². The van der Waals surface area contributed by atoms with Crippen LogP contribution < -0.4 is 10.1 Å². The summed E-state index contributed by atoms with van der Waals surface area (Å²) in [5.74, 6) is 2.09. The predicted molar refractivity (Wildman–Crippen MR) is 100 cm³/mol. The second-order valence-electron chi connectivity index (χ2n) is 7.11. The number of likely N-dealkylation sites (N-methyl/N-ethyl adjacent to an activating group) is 1. The maximum absolute atomic E-state index is 6.16. The Kier molecular flexibility index (Phi) is 5.24. The molecule has 3 heterocycles. The van der Waals surface area contributed by atoms with Gasteiger partial charge in [-0.05, 0) is 24.6 Å². The van der Waals surface area contributed by atoms with Crippen molar-refractivity contribution in [3.05, 3.63) is 48.0 Å². The number of aromatic nitrogens is 2. The van der Waals surface area contributed by atoms with E-state index in [4.69, 9.17) is 9.47 Å². The molecule has 1 N–H and O–H groups in total. The van der Waals surface area contributed by atoms with Crippen LogP contribution in [0.3, 0.4) is 0 Å². The summed E-state index contributed by atoms with van der Waals surface area (Å²) in [6, 6.07) is 8.79. The maximum atomic E-state index is 6.16. The molecule has 3 atom stereocenters. The third-order valence-corrected chi connectivity index (χ3v) is 5.47. The van der Waals surface area contributed by atoms with Crippen molar-refractivity contribution in [2.24, 2.45) is 7.05 Å². The first-order valence-electron chi connectivity index (χ1n) is 9.53. The number of morpholine rings is 1. The highest BCUT2D eigenvalue weighted by molar-refractivity contribution is 5.35. The Morgan fingerprint density at radius 2 is 2.19 bits per heavy atom. The Balaban J connectivity index is 1.44. The molecule has 2 aromatic rings. The highest BCUT2D eigenvalue weighted by atomic mass is 16.5. The van der Waals surface area contributed by atoms with Gasteiger partial charge >= 0.3 is 0 Å². The molecule has 6 heteroatoms. The highest BCUT2D eigenvalue weighted by Crippen LogP contribution is 2.28. The molecule has 0 aliphatic carbocycles. The van der Waals surface area contributed by atoms with Gasteiger partial charge in [0.05, 0.1) is 18.8 Å². The summed E-state index contributed by atoms with van der Waals surface area (Å²) in [4.78, 5) is 7.06. The van der Waals surface area contributed by atoms with Crippen LogP contribution in [-0.2, 0) is 18.2 Å². The summed E-state index contributed by atoms with van der Waals surface area (Å²) < 4.78 is 14.2. The van der Waals surface area contributed by atoms with Gasteiger partial charge in [-0.25, -0.2) is 4.98 Å². The van der Waals surface area contributed by atoms with E-state index >= 15 is 0 Å². The summed E-state index contributed by atoms with van der Waals surface area (Å²) in [5.41, 5.74) is 1.27. The van der Waals surface area contributed by atoms with Crippen molar-refractivity contribution >= 4 is 0 Å². The third kappa shape index (κ3) is 3.49. The van der Waals surface area contributed by atoms with E-state index < -0.39 is 0 Å². The van der Waals surface area contributed by atoms with E-state index in [0.717, 1.165) is 44.2 Å². The number of hydrogen-bond acceptors (Lipinski definition) is 5. The maximum Gasteiger partial charge on any atom is 0.128 e. The van der Waals surface area contributed by atoms with Gasteiger partial charge in [-0.15, -0.1) is 0 Å². The number of para-hydroxylation sites is 1. The Labute approximate surface area is 155 Å². The van der Waals surface area contributed by atoms with Gasteiger partial charge in [0.1, 0.15) is 18.2 Å². The van der Waals surface area contributed by atoms with E-state index in [0.29, 0.717) is 12.6 Å². The van der Waals surface area contributed by atoms with Gasteiger partial charge in [0.2, 0.25) is 0 Å². The van der Waals surface area contributed by atoms with Gasteiger partial charge in [-0.1, -0.05) is 25.1 Å². The summed E-state index contributed by atoms with van der Waals surface area (Å²) in [6.45, 7) is 6.42. The monoisotopic (exact) mass is 356 g/mol. The summed E-state index contributed by atoms with van der Waals surface area (Å²) in [6.07, 6.45) is 4.96. The average molecular weight is 356 g/mol. The van der Waals surface area contributed by atoms with E-state index in [9.17, 15) is 0 Å². The van der Waals surface area contributed by atoms with Crippen molar-refractivity contribution in [2.45, 2.75) is 31.5 Å². The number of nitrogens with one attached hydrogen (secondary N) is 1. The van der Waals surface area contributed by atoms with Crippen molar-refractivity contribution in [2.75, 3.05) is 32.8 Å². The molecule has 6 nitrogen and oxygen atoms in total. The normalized spacial score (nSPS) is 26.3. The van der Waals surface area contributed by atoms with Gasteiger partial charge < -0.3 is 19.4 Å². The molecule has 0 bridgehead atoms. The molecule has 0 amide bonds. The molecule has 4 rings (SSSR count). The SMILES string of the molecule is CCN1CCO[C@@H](CNC2COc3ccccc3C2)[C@@H]1c1nccn1C. The predicted octanol–water partition coefficient (Wildman–Crippen LogP) is 1.78. The van der Waals surface area contributed by atoms with Crippen molar-refractivity contribution in [3.8, 4) is 5.75 Å². The standard InChI is InChI=1S/C20H28N4O2/c1-3-24-10-11-25-18(19(24)20-21-8-9-23(20)2)13-22-16-12-15-6-4-5-7-17(15)26-14-16/h4-9,16,18-19,22H,3,10-14H2,1-2H3/t16?,18-,19+/m0/s1. The zero-order chi connectivity index (χ0) is 17.9. The number of benzene rings is 1. The Morgan fingerprint density at radius 3 is 3.00 bits per heavy atom. The van der Waals surface area contributed by atoms with Crippen molar-refractivity contribution in [1.29, 1.82) is 0 Å². The average Bonchev–Trinajstić information content (AvgIpc) is 3.11. The first-order chi connectivity index (χ1) is 12.8. The number of rotatable bonds is 5. The smallest absolute Gasteiger partial charge is 0.128 e. The molecule has 2 aliphatic rings. The topological polar surface area (TPSA) is 51.6 Å². The number of fused-ring (bicyclic) bond motifs is 1. The fourth-order valence-corrected chi connectivity index (χ4v) is 4.05. The molecule has 1 fully saturated rings. The Morgan fingerprint density at radius 1 is 1.31 bits per heavy atom. The Hall–Kier alpha value is -1.89. The van der Waals surface area contributed by atoms with Gasteiger partial charge in [0.15, 0.2) is 0 Å². The van der Waals surface area contributed by atoms with Gasteiger partial charge in [-0.3, -0.25) is 4.90 Å². The van der Waals surface area contributed by atoms with Crippen molar-refractivity contribution in [1.82, 2.24) is 19.8 Å². The molecule has 0 spiro atoms. The van der Waals surface area contributed by atoms with Crippen LogP contribution in [0.5, 0.6) is 5.75 Å². The van der Waals surface area contributed by atoms with E-state index in [1.807, 2.05) is 24.5 Å². The van der Waals surface area contributed by atoms with Crippen LogP contribution in [0.15, 0.2) is 36.7 Å². The summed E-state index contributed by atoms with van der Waals surface area (Å²) in [7, 11) is 2.06. The zero-order valence-corrected chi connectivity index (χ0v) is 15.6. The first kappa shape index (κ1) is 17.5. The van der Waals surface area contributed by atoms with Crippen LogP contribution in [0, 0.1) is 0 Å². The summed E-state index contributed by atoms with van der Waals surface area (Å²) in [5, 5.41) is 3.67. The number of hydrogen-bond donors (Lipinski definition) is 1. The minimum absolute atomic E-state index is 0.0852. The van der Waals surface area contributed by atoms with Crippen LogP contribution in [0.4, 0.5) is 0 Å². The third-order valence-electron chi connectivity index (χ3n) is 5.47. The fraction of sp³-hybridized carbons (Fsp3) is 0.550. The molecule has 26 heavy (non-hydrogen) atoms. The molecular weight excluding hydrogens is 328 g/mol. The molecule has 140 valence electrons. The van der Waals surface area contributed by atoms with E-state index in [1.54, 1.807) is 0 Å². The quantitative estimate of drug-likeness (QED) is 0.885. The van der Waals surface area contributed by atoms with Crippen LogP contribution in [-0.4, -0.2) is 59.4 Å². The lowest BCUT2D eigenvalue weighted by Crippen LogP contribution is -2.52. The largest absolute Gasteiger partial charge is 0.492 e. The molecule has 0 radical (unpaired) electrons. The van der Waals surface area contributed by atoms with Gasteiger partial charge in [0, 0.05) is 38.6 Å². The fourth-order valence-electron chi connectivity index (χ4n) is 4.05. The zero-order valence-electron chi connectivity index (χ0n) is 15.6. The van der Waals surface area contributed by atoms with Gasteiger partial charge in [-0.2, -0.15) is 0 Å². The van der Waals surface area contributed by atoms with Crippen LogP contribution in [0.25, 0.3) is 0 Å². The Bertz CT molecular complexity index is 732. The minimum atomic E-state index is 0.0852. The van der Waals surface area contributed by atoms with Gasteiger partial charge in [0.25, 0.3) is 0 Å². The second kappa shape index (κ2) is 7.78. The number of imidazole rings is 1. The number of nitrogens with zero attached hydrogens (tertiary/aromatic N) is 3. The second-order valence-corrected chi connectivity index (χ2v) is 7.11. The number of aryl methyl sites for hydroxylation is 1. The molecular formula is C20H28N4O2. The lowest BCUT2D eigenvalue weighted by Gasteiger charge is -2.41. The highest BCUT2D eigenvalue weighted by Gasteiger charge is 2.35. The minimum Gasteiger partial charge on any atom is -0.492 e. The molecule has 1 aromatic carbocycles. The lowest BCUT2D eigenvalue weighted by molar-refractivity contribution is -0.0742. The summed E-state index contributed by atoms with van der Waals surface area (Å²) >= 11 is 0. The molecule has 0 saturated carbocycles. The van der Waals surface area contributed by atoms with Crippen LogP contribution in [0.1, 0.15) is 24.4 Å². The lowest BCUT2D eigenvalue weighted by atomic mass is 10.0.